The molecule has 0 fully saturated rings. The monoisotopic (exact) mass is 411 g/mol. The second-order valence-electron chi connectivity index (χ2n) is 6.41. The summed E-state index contributed by atoms with van der Waals surface area (Å²) in [5, 5.41) is 2.88. The van der Waals surface area contributed by atoms with Gasteiger partial charge in [0.1, 0.15) is 17.9 Å². The van der Waals surface area contributed by atoms with Crippen molar-refractivity contribution in [2.75, 3.05) is 12.4 Å². The van der Waals surface area contributed by atoms with Gasteiger partial charge in [-0.25, -0.2) is 4.79 Å². The van der Waals surface area contributed by atoms with Crippen LogP contribution < -0.4 is 15.7 Å². The van der Waals surface area contributed by atoms with Crippen LogP contribution in [0.4, 0.5) is 5.69 Å². The van der Waals surface area contributed by atoms with Gasteiger partial charge in [-0.2, -0.15) is 0 Å². The Morgan fingerprint density at radius 2 is 2.00 bits per heavy atom. The molecule has 29 heavy (non-hydrogen) atoms. The molecule has 2 aromatic carbocycles. The van der Waals surface area contributed by atoms with Crippen LogP contribution in [-0.2, 0) is 20.9 Å². The highest BCUT2D eigenvalue weighted by Crippen LogP contribution is 2.36. The van der Waals surface area contributed by atoms with Crippen LogP contribution in [0.25, 0.3) is 11.0 Å². The number of rotatable bonds is 5. The van der Waals surface area contributed by atoms with Gasteiger partial charge in [-0.05, 0) is 24.3 Å². The van der Waals surface area contributed by atoms with Gasteiger partial charge in [0.2, 0.25) is 5.91 Å². The minimum absolute atomic E-state index is 0.0714. The van der Waals surface area contributed by atoms with Crippen LogP contribution >= 0.6 is 11.8 Å². The fraction of sp³-hybridized carbons (Fsp3) is 0.190. The van der Waals surface area contributed by atoms with Crippen molar-refractivity contribution in [3.63, 3.8) is 0 Å². The van der Waals surface area contributed by atoms with Gasteiger partial charge in [0.05, 0.1) is 24.5 Å². The highest BCUT2D eigenvalue weighted by atomic mass is 32.2. The predicted molar refractivity (Wildman–Crippen MR) is 108 cm³/mol. The number of ether oxygens (including phenoxy) is 2. The number of nitrogens with one attached hydrogen (secondary N) is 1. The molecule has 1 amide bonds. The second-order valence-corrected chi connectivity index (χ2v) is 7.65. The molecule has 8 heteroatoms. The fourth-order valence-corrected chi connectivity index (χ4v) is 4.15. The summed E-state index contributed by atoms with van der Waals surface area (Å²) in [6.07, 6.45) is -0.0714. The molecule has 1 N–H and O–H groups in total. The number of anilines is 1. The zero-order valence-corrected chi connectivity index (χ0v) is 16.3. The standard InChI is InChI=1S/C21H17NO6S/c1-26-13-6-7-14-12(8-20(24)28-16(14)9-13)11-27-19(23)10-18-21(25)22-15-4-2-3-5-17(15)29-18/h2-9,18H,10-11H2,1H3,(H,22,25)/t18-/m1/s1. The van der Waals surface area contributed by atoms with Crippen molar-refractivity contribution in [2.45, 2.75) is 23.2 Å². The Bertz CT molecular complexity index is 1160. The molecule has 0 aliphatic carbocycles. The molecule has 1 aliphatic heterocycles. The normalized spacial score (nSPS) is 15.5. The van der Waals surface area contributed by atoms with Crippen molar-refractivity contribution in [3.8, 4) is 5.75 Å². The quantitative estimate of drug-likeness (QED) is 0.508. The summed E-state index contributed by atoms with van der Waals surface area (Å²) in [5.41, 5.74) is 1.07. The molecule has 0 saturated heterocycles. The van der Waals surface area contributed by atoms with Crippen LogP contribution in [0.15, 0.2) is 62.6 Å². The van der Waals surface area contributed by atoms with Crippen LogP contribution in [0.3, 0.4) is 0 Å². The molecular weight excluding hydrogens is 394 g/mol. The smallest absolute Gasteiger partial charge is 0.336 e. The second kappa shape index (κ2) is 8.00. The first-order valence-electron chi connectivity index (χ1n) is 8.86. The molecule has 7 nitrogen and oxygen atoms in total. The van der Waals surface area contributed by atoms with Gasteiger partial charge in [0.25, 0.3) is 0 Å². The molecule has 1 aliphatic rings. The summed E-state index contributed by atoms with van der Waals surface area (Å²) in [7, 11) is 1.52. The highest BCUT2D eigenvalue weighted by Gasteiger charge is 2.29. The van der Waals surface area contributed by atoms with Crippen LogP contribution in [0.5, 0.6) is 5.75 Å². The maximum absolute atomic E-state index is 12.3. The van der Waals surface area contributed by atoms with E-state index < -0.39 is 16.8 Å². The lowest BCUT2D eigenvalue weighted by Crippen LogP contribution is -2.31. The topological polar surface area (TPSA) is 94.8 Å². The maximum atomic E-state index is 12.3. The molecule has 0 saturated carbocycles. The molecule has 1 atom stereocenters. The van der Waals surface area contributed by atoms with Gasteiger partial charge < -0.3 is 19.2 Å². The third-order valence-corrected chi connectivity index (χ3v) is 5.76. The van der Waals surface area contributed by atoms with E-state index in [1.54, 1.807) is 18.2 Å². The van der Waals surface area contributed by atoms with Crippen molar-refractivity contribution in [1.29, 1.82) is 0 Å². The molecule has 3 aromatic rings. The van der Waals surface area contributed by atoms with E-state index in [1.165, 1.54) is 24.9 Å². The van der Waals surface area contributed by atoms with Gasteiger partial charge in [-0.1, -0.05) is 12.1 Å². The Kier molecular flexibility index (Phi) is 5.26. The first-order valence-corrected chi connectivity index (χ1v) is 9.74. The molecule has 0 unspecified atom stereocenters. The molecule has 2 heterocycles. The average Bonchev–Trinajstić information content (AvgIpc) is 2.72. The lowest BCUT2D eigenvalue weighted by atomic mass is 10.1. The van der Waals surface area contributed by atoms with Gasteiger partial charge in [0, 0.05) is 28.0 Å². The number of amides is 1. The molecular formula is C21H17NO6S. The number of thioether (sulfide) groups is 1. The van der Waals surface area contributed by atoms with Crippen molar-refractivity contribution >= 4 is 40.3 Å². The third-order valence-electron chi connectivity index (χ3n) is 4.48. The Balaban J connectivity index is 1.45. The van der Waals surface area contributed by atoms with E-state index in [9.17, 15) is 14.4 Å². The van der Waals surface area contributed by atoms with Crippen molar-refractivity contribution in [3.05, 3.63) is 64.5 Å². The Morgan fingerprint density at radius 1 is 1.17 bits per heavy atom. The summed E-state index contributed by atoms with van der Waals surface area (Å²) >= 11 is 1.33. The number of carbonyl (C=O) groups excluding carboxylic acids is 2. The van der Waals surface area contributed by atoms with E-state index in [0.29, 0.717) is 22.3 Å². The third kappa shape index (κ3) is 4.12. The average molecular weight is 411 g/mol. The van der Waals surface area contributed by atoms with Crippen molar-refractivity contribution < 1.29 is 23.5 Å². The van der Waals surface area contributed by atoms with Gasteiger partial charge in [-0.15, -0.1) is 11.8 Å². The number of para-hydroxylation sites is 1. The van der Waals surface area contributed by atoms with Gasteiger partial charge in [0.15, 0.2) is 0 Å². The predicted octanol–water partition coefficient (Wildman–Crippen LogP) is 3.35. The van der Waals surface area contributed by atoms with Crippen LogP contribution in [0.1, 0.15) is 12.0 Å². The number of hydrogen-bond acceptors (Lipinski definition) is 7. The SMILES string of the molecule is COc1ccc2c(COC(=O)C[C@H]3Sc4ccccc4NC3=O)cc(=O)oc2c1. The lowest BCUT2D eigenvalue weighted by Gasteiger charge is -2.23. The number of carbonyl (C=O) groups is 2. The summed E-state index contributed by atoms with van der Waals surface area (Å²) in [5.74, 6) is -0.203. The van der Waals surface area contributed by atoms with E-state index in [2.05, 4.69) is 5.32 Å². The minimum atomic E-state index is -0.570. The van der Waals surface area contributed by atoms with Gasteiger partial charge >= 0.3 is 11.6 Å². The highest BCUT2D eigenvalue weighted by molar-refractivity contribution is 8.01. The minimum Gasteiger partial charge on any atom is -0.497 e. The lowest BCUT2D eigenvalue weighted by molar-refractivity contribution is -0.145. The summed E-state index contributed by atoms with van der Waals surface area (Å²) in [6.45, 7) is -0.0944. The number of benzene rings is 2. The molecule has 0 radical (unpaired) electrons. The molecule has 4 rings (SSSR count). The number of methoxy groups -OCH3 is 1. The number of hydrogen-bond donors (Lipinski definition) is 1. The molecule has 148 valence electrons. The maximum Gasteiger partial charge on any atom is 0.336 e. The largest absolute Gasteiger partial charge is 0.497 e. The number of esters is 1. The summed E-state index contributed by atoms with van der Waals surface area (Å²) in [6, 6.07) is 13.8. The molecule has 0 bridgehead atoms. The van der Waals surface area contributed by atoms with Crippen molar-refractivity contribution in [2.24, 2.45) is 0 Å². The van der Waals surface area contributed by atoms with Crippen LogP contribution in [0.2, 0.25) is 0 Å². The van der Waals surface area contributed by atoms with E-state index in [0.717, 1.165) is 10.6 Å². The first kappa shape index (κ1) is 19.1. The zero-order chi connectivity index (χ0) is 20.4. The number of fused-ring (bicyclic) bond motifs is 2. The van der Waals surface area contributed by atoms with E-state index in [-0.39, 0.29) is 18.9 Å². The Hall–Kier alpha value is -3.26. The Morgan fingerprint density at radius 3 is 2.83 bits per heavy atom. The van der Waals surface area contributed by atoms with E-state index in [1.807, 2.05) is 24.3 Å². The molecule has 1 aromatic heterocycles. The van der Waals surface area contributed by atoms with E-state index >= 15 is 0 Å². The van der Waals surface area contributed by atoms with Crippen LogP contribution in [-0.4, -0.2) is 24.2 Å². The van der Waals surface area contributed by atoms with Crippen LogP contribution in [0, 0.1) is 0 Å². The van der Waals surface area contributed by atoms with E-state index in [4.69, 9.17) is 13.9 Å². The zero-order valence-electron chi connectivity index (χ0n) is 15.5. The summed E-state index contributed by atoms with van der Waals surface area (Å²) in [4.78, 5) is 37.3. The Labute approximate surface area is 170 Å². The first-order chi connectivity index (χ1) is 14.0. The molecule has 0 spiro atoms. The van der Waals surface area contributed by atoms with Gasteiger partial charge in [-0.3, -0.25) is 9.59 Å². The summed E-state index contributed by atoms with van der Waals surface area (Å²) < 4.78 is 15.7. The fourth-order valence-electron chi connectivity index (χ4n) is 3.05. The van der Waals surface area contributed by atoms with Crippen molar-refractivity contribution in [1.82, 2.24) is 0 Å².